The molecule has 2 rings (SSSR count). The van der Waals surface area contributed by atoms with E-state index in [9.17, 15) is 4.39 Å². The molecule has 0 aliphatic rings. The van der Waals surface area contributed by atoms with Crippen LogP contribution in [-0.2, 0) is 6.61 Å². The van der Waals surface area contributed by atoms with Crippen LogP contribution in [0.15, 0.2) is 47.4 Å². The molecule has 0 aromatic heterocycles. The number of rotatable bonds is 4. The van der Waals surface area contributed by atoms with Crippen LogP contribution in [0.3, 0.4) is 0 Å². The van der Waals surface area contributed by atoms with Crippen molar-refractivity contribution in [1.82, 2.24) is 0 Å². The molecule has 0 N–H and O–H groups in total. The van der Waals surface area contributed by atoms with Crippen molar-refractivity contribution in [2.75, 3.05) is 6.26 Å². The molecule has 0 bridgehead atoms. The Bertz CT molecular complexity index is 526. The number of hydrogen-bond acceptors (Lipinski definition) is 2. The highest BCUT2D eigenvalue weighted by molar-refractivity contribution is 7.98. The van der Waals surface area contributed by atoms with Crippen molar-refractivity contribution in [2.45, 2.75) is 18.4 Å². The molecule has 0 aliphatic carbocycles. The lowest BCUT2D eigenvalue weighted by Gasteiger charge is -2.10. The highest BCUT2D eigenvalue weighted by Crippen LogP contribution is 2.28. The van der Waals surface area contributed by atoms with E-state index < -0.39 is 0 Å². The Balaban J connectivity index is 2.16. The minimum atomic E-state index is -0.274. The van der Waals surface area contributed by atoms with Crippen molar-refractivity contribution in [3.8, 4) is 5.75 Å². The lowest BCUT2D eigenvalue weighted by molar-refractivity contribution is 0.289. The molecular weight excluding hydrogens is 247 g/mol. The zero-order valence-corrected chi connectivity index (χ0v) is 11.3. The monoisotopic (exact) mass is 262 g/mol. The van der Waals surface area contributed by atoms with Crippen molar-refractivity contribution >= 4 is 11.8 Å². The van der Waals surface area contributed by atoms with E-state index in [1.807, 2.05) is 42.7 Å². The fourth-order valence-corrected chi connectivity index (χ4v) is 2.18. The van der Waals surface area contributed by atoms with E-state index in [4.69, 9.17) is 4.74 Å². The van der Waals surface area contributed by atoms with Crippen LogP contribution in [-0.4, -0.2) is 6.26 Å². The standard InChI is InChI=1S/C15H15FOS/c1-11-8-13(18-2)9-14(15(11)16)17-10-12-6-4-3-5-7-12/h3-9H,10H2,1-2H3. The molecule has 1 nitrogen and oxygen atoms in total. The Labute approximate surface area is 111 Å². The quantitative estimate of drug-likeness (QED) is 0.754. The minimum absolute atomic E-state index is 0.274. The zero-order chi connectivity index (χ0) is 13.0. The minimum Gasteiger partial charge on any atom is -0.486 e. The maximum Gasteiger partial charge on any atom is 0.168 e. The van der Waals surface area contributed by atoms with Crippen molar-refractivity contribution in [3.05, 3.63) is 59.4 Å². The Morgan fingerprint density at radius 1 is 1.17 bits per heavy atom. The second-order valence-corrected chi connectivity index (χ2v) is 4.91. The van der Waals surface area contributed by atoms with Crippen LogP contribution in [0, 0.1) is 12.7 Å². The van der Waals surface area contributed by atoms with E-state index in [2.05, 4.69) is 0 Å². The van der Waals surface area contributed by atoms with Crippen LogP contribution in [0.4, 0.5) is 4.39 Å². The van der Waals surface area contributed by atoms with Crippen molar-refractivity contribution in [2.24, 2.45) is 0 Å². The van der Waals surface area contributed by atoms with Gasteiger partial charge < -0.3 is 4.74 Å². The van der Waals surface area contributed by atoms with Gasteiger partial charge in [0.05, 0.1) is 0 Å². The lowest BCUT2D eigenvalue weighted by Crippen LogP contribution is -1.98. The molecule has 0 fully saturated rings. The molecule has 2 aromatic rings. The summed E-state index contributed by atoms with van der Waals surface area (Å²) < 4.78 is 19.4. The average Bonchev–Trinajstić information content (AvgIpc) is 2.41. The molecule has 0 saturated heterocycles. The largest absolute Gasteiger partial charge is 0.486 e. The molecular formula is C15H15FOS. The summed E-state index contributed by atoms with van der Waals surface area (Å²) in [6, 6.07) is 13.3. The fourth-order valence-electron chi connectivity index (χ4n) is 1.66. The molecule has 18 heavy (non-hydrogen) atoms. The number of ether oxygens (including phenoxy) is 1. The maximum atomic E-state index is 13.9. The summed E-state index contributed by atoms with van der Waals surface area (Å²) in [5, 5.41) is 0. The van der Waals surface area contributed by atoms with Crippen LogP contribution >= 0.6 is 11.8 Å². The predicted octanol–water partition coefficient (Wildman–Crippen LogP) is 4.44. The third-order valence-corrected chi connectivity index (χ3v) is 3.37. The van der Waals surface area contributed by atoms with Crippen molar-refractivity contribution in [3.63, 3.8) is 0 Å². The average molecular weight is 262 g/mol. The van der Waals surface area contributed by atoms with Crippen LogP contribution in [0.2, 0.25) is 0 Å². The van der Waals surface area contributed by atoms with Gasteiger partial charge >= 0.3 is 0 Å². The Kier molecular flexibility index (Phi) is 4.26. The van der Waals surface area contributed by atoms with Gasteiger partial charge in [0, 0.05) is 4.90 Å². The van der Waals surface area contributed by atoms with Crippen molar-refractivity contribution in [1.29, 1.82) is 0 Å². The number of benzene rings is 2. The fraction of sp³-hybridized carbons (Fsp3) is 0.200. The van der Waals surface area contributed by atoms with Gasteiger partial charge in [-0.15, -0.1) is 11.8 Å². The van der Waals surface area contributed by atoms with E-state index in [-0.39, 0.29) is 5.82 Å². The summed E-state index contributed by atoms with van der Waals surface area (Å²) in [5.74, 6) is 0.0481. The van der Waals surface area contributed by atoms with E-state index in [0.717, 1.165) is 10.5 Å². The third kappa shape index (κ3) is 3.05. The first kappa shape index (κ1) is 13.0. The molecule has 2 aromatic carbocycles. The van der Waals surface area contributed by atoms with Gasteiger partial charge in [0.15, 0.2) is 11.6 Å². The molecule has 94 valence electrons. The molecule has 0 radical (unpaired) electrons. The van der Waals surface area contributed by atoms with Crippen LogP contribution in [0.25, 0.3) is 0 Å². The Morgan fingerprint density at radius 2 is 1.89 bits per heavy atom. The predicted molar refractivity (Wildman–Crippen MR) is 73.7 cm³/mol. The topological polar surface area (TPSA) is 9.23 Å². The second-order valence-electron chi connectivity index (χ2n) is 4.03. The van der Waals surface area contributed by atoms with Crippen molar-refractivity contribution < 1.29 is 9.13 Å². The molecule has 0 aliphatic heterocycles. The van der Waals surface area contributed by atoms with E-state index in [1.165, 1.54) is 0 Å². The summed E-state index contributed by atoms with van der Waals surface area (Å²) >= 11 is 1.58. The van der Waals surface area contributed by atoms with Crippen LogP contribution in [0.5, 0.6) is 5.75 Å². The number of halogens is 1. The lowest BCUT2D eigenvalue weighted by atomic mass is 10.2. The van der Waals surface area contributed by atoms with Gasteiger partial charge in [-0.05, 0) is 36.4 Å². The van der Waals surface area contributed by atoms with Gasteiger partial charge in [0.25, 0.3) is 0 Å². The Morgan fingerprint density at radius 3 is 2.56 bits per heavy atom. The SMILES string of the molecule is CSc1cc(C)c(F)c(OCc2ccccc2)c1. The summed E-state index contributed by atoms with van der Waals surface area (Å²) in [4.78, 5) is 1.01. The summed E-state index contributed by atoms with van der Waals surface area (Å²) in [6.07, 6.45) is 1.97. The molecule has 0 atom stereocenters. The molecule has 0 saturated carbocycles. The van der Waals surface area contributed by atoms with Gasteiger partial charge in [-0.1, -0.05) is 30.3 Å². The van der Waals surface area contributed by atoms with Gasteiger partial charge in [0.1, 0.15) is 6.61 Å². The highest BCUT2D eigenvalue weighted by atomic mass is 32.2. The first-order valence-electron chi connectivity index (χ1n) is 5.71. The first-order valence-corrected chi connectivity index (χ1v) is 6.94. The van der Waals surface area contributed by atoms with Crippen LogP contribution < -0.4 is 4.74 Å². The number of aryl methyl sites for hydroxylation is 1. The molecule has 0 spiro atoms. The smallest absolute Gasteiger partial charge is 0.168 e. The van der Waals surface area contributed by atoms with Gasteiger partial charge in [-0.3, -0.25) is 0 Å². The molecule has 3 heteroatoms. The van der Waals surface area contributed by atoms with Gasteiger partial charge in [0.2, 0.25) is 0 Å². The summed E-state index contributed by atoms with van der Waals surface area (Å²) in [7, 11) is 0. The maximum absolute atomic E-state index is 13.9. The highest BCUT2D eigenvalue weighted by Gasteiger charge is 2.09. The molecule has 0 unspecified atom stereocenters. The number of thioether (sulfide) groups is 1. The first-order chi connectivity index (χ1) is 8.70. The number of hydrogen-bond donors (Lipinski definition) is 0. The van der Waals surface area contributed by atoms with Gasteiger partial charge in [-0.25, -0.2) is 4.39 Å². The third-order valence-electron chi connectivity index (χ3n) is 2.67. The van der Waals surface area contributed by atoms with E-state index in [1.54, 1.807) is 24.8 Å². The Hall–Kier alpha value is -1.48. The zero-order valence-electron chi connectivity index (χ0n) is 10.4. The molecule has 0 heterocycles. The van der Waals surface area contributed by atoms with E-state index in [0.29, 0.717) is 17.9 Å². The summed E-state index contributed by atoms with van der Waals surface area (Å²) in [5.41, 5.74) is 1.65. The van der Waals surface area contributed by atoms with Gasteiger partial charge in [-0.2, -0.15) is 0 Å². The second kappa shape index (κ2) is 5.91. The molecule has 0 amide bonds. The van der Waals surface area contributed by atoms with E-state index >= 15 is 0 Å². The normalized spacial score (nSPS) is 10.4. The summed E-state index contributed by atoms with van der Waals surface area (Å²) in [6.45, 7) is 2.14. The van der Waals surface area contributed by atoms with Crippen LogP contribution in [0.1, 0.15) is 11.1 Å².